The monoisotopic (exact) mass is 334 g/mol. The van der Waals surface area contributed by atoms with Crippen molar-refractivity contribution in [1.29, 1.82) is 0 Å². The molecule has 0 aliphatic heterocycles. The quantitative estimate of drug-likeness (QED) is 0.805. The minimum Gasteiger partial charge on any atom is -0.497 e. The summed E-state index contributed by atoms with van der Waals surface area (Å²) in [5.41, 5.74) is 0.982. The first-order chi connectivity index (χ1) is 11.5. The Hall–Kier alpha value is -1.75. The van der Waals surface area contributed by atoms with E-state index in [1.807, 2.05) is 25.1 Å². The molecule has 134 valence electrons. The Bertz CT molecular complexity index is 547. The molecule has 1 aliphatic carbocycles. The molecule has 2 rings (SSSR count). The minimum absolute atomic E-state index is 0.00965. The van der Waals surface area contributed by atoms with Crippen LogP contribution in [0.25, 0.3) is 0 Å². The van der Waals surface area contributed by atoms with Crippen molar-refractivity contribution < 1.29 is 14.3 Å². The number of benzene rings is 1. The Morgan fingerprint density at radius 1 is 1.25 bits per heavy atom. The van der Waals surface area contributed by atoms with E-state index in [0.717, 1.165) is 23.5 Å². The fraction of sp³-hybridized carbons (Fsp3) is 0.632. The Morgan fingerprint density at radius 3 is 2.67 bits per heavy atom. The van der Waals surface area contributed by atoms with Crippen LogP contribution in [-0.4, -0.2) is 32.7 Å². The Morgan fingerprint density at radius 2 is 2.00 bits per heavy atom. The second-order valence-electron chi connectivity index (χ2n) is 6.65. The van der Waals surface area contributed by atoms with E-state index in [2.05, 4.69) is 17.6 Å². The van der Waals surface area contributed by atoms with Crippen LogP contribution in [0.15, 0.2) is 18.2 Å². The van der Waals surface area contributed by atoms with Gasteiger partial charge in [-0.2, -0.15) is 0 Å². The van der Waals surface area contributed by atoms with Crippen LogP contribution < -0.4 is 20.1 Å². The van der Waals surface area contributed by atoms with Gasteiger partial charge in [0.25, 0.3) is 0 Å². The minimum atomic E-state index is -0.00965. The number of hydrogen-bond acceptors (Lipinski definition) is 4. The lowest BCUT2D eigenvalue weighted by Crippen LogP contribution is -2.45. The van der Waals surface area contributed by atoms with Gasteiger partial charge >= 0.3 is 0 Å². The van der Waals surface area contributed by atoms with Gasteiger partial charge in [0, 0.05) is 17.6 Å². The molecule has 0 heterocycles. The molecule has 2 N–H and O–H groups in total. The van der Waals surface area contributed by atoms with Crippen molar-refractivity contribution in [3.63, 3.8) is 0 Å². The summed E-state index contributed by atoms with van der Waals surface area (Å²) in [4.78, 5) is 12.2. The molecule has 0 unspecified atom stereocenters. The van der Waals surface area contributed by atoms with Gasteiger partial charge in [0.2, 0.25) is 5.91 Å². The van der Waals surface area contributed by atoms with Crippen molar-refractivity contribution in [3.05, 3.63) is 23.8 Å². The Kier molecular flexibility index (Phi) is 6.91. The number of hydrogen-bond donors (Lipinski definition) is 2. The lowest BCUT2D eigenvalue weighted by Gasteiger charge is -2.29. The van der Waals surface area contributed by atoms with Gasteiger partial charge in [-0.1, -0.05) is 19.8 Å². The zero-order chi connectivity index (χ0) is 17.5. The summed E-state index contributed by atoms with van der Waals surface area (Å²) in [5.74, 6) is 2.19. The molecule has 1 aromatic rings. The smallest absolute Gasteiger partial charge is 0.234 e. The molecule has 24 heavy (non-hydrogen) atoms. The summed E-state index contributed by atoms with van der Waals surface area (Å²) in [6.45, 7) is 4.54. The molecule has 5 nitrogen and oxygen atoms in total. The van der Waals surface area contributed by atoms with Crippen molar-refractivity contribution in [2.24, 2.45) is 5.92 Å². The zero-order valence-electron chi connectivity index (χ0n) is 15.2. The van der Waals surface area contributed by atoms with Crippen molar-refractivity contribution in [3.8, 4) is 11.5 Å². The van der Waals surface area contributed by atoms with Gasteiger partial charge in [-0.25, -0.2) is 0 Å². The largest absolute Gasteiger partial charge is 0.497 e. The van der Waals surface area contributed by atoms with Gasteiger partial charge in [-0.15, -0.1) is 0 Å². The number of carbonyl (C=O) groups is 1. The highest BCUT2D eigenvalue weighted by Crippen LogP contribution is 2.29. The van der Waals surface area contributed by atoms with E-state index < -0.39 is 0 Å². The maximum atomic E-state index is 12.2. The fourth-order valence-electron chi connectivity index (χ4n) is 3.32. The van der Waals surface area contributed by atoms with Crippen LogP contribution in [0.3, 0.4) is 0 Å². The molecule has 1 fully saturated rings. The summed E-state index contributed by atoms with van der Waals surface area (Å²) in [6, 6.07) is 6.00. The average Bonchev–Trinajstić information content (AvgIpc) is 2.61. The van der Waals surface area contributed by atoms with Crippen molar-refractivity contribution >= 4 is 5.91 Å². The molecule has 3 atom stereocenters. The predicted octanol–water partition coefficient (Wildman–Crippen LogP) is 3.05. The molecule has 5 heteroatoms. The average molecular weight is 334 g/mol. The van der Waals surface area contributed by atoms with Crippen molar-refractivity contribution in [1.82, 2.24) is 10.6 Å². The van der Waals surface area contributed by atoms with E-state index >= 15 is 0 Å². The highest BCUT2D eigenvalue weighted by molar-refractivity contribution is 5.78. The van der Waals surface area contributed by atoms with Gasteiger partial charge in [0.1, 0.15) is 11.5 Å². The number of nitrogens with one attached hydrogen (secondary N) is 2. The topological polar surface area (TPSA) is 59.6 Å². The van der Waals surface area contributed by atoms with Crippen LogP contribution in [0.2, 0.25) is 0 Å². The third-order valence-corrected chi connectivity index (χ3v) is 4.93. The molecule has 0 aromatic heterocycles. The maximum Gasteiger partial charge on any atom is 0.234 e. The molecule has 0 spiro atoms. The third kappa shape index (κ3) is 4.87. The van der Waals surface area contributed by atoms with Crippen LogP contribution in [0.4, 0.5) is 0 Å². The van der Waals surface area contributed by atoms with E-state index in [-0.39, 0.29) is 11.9 Å². The first-order valence-electron chi connectivity index (χ1n) is 8.79. The van der Waals surface area contributed by atoms with E-state index in [4.69, 9.17) is 9.47 Å². The number of ether oxygens (including phenoxy) is 2. The number of methoxy groups -OCH3 is 2. The molecule has 1 saturated carbocycles. The summed E-state index contributed by atoms with van der Waals surface area (Å²) in [7, 11) is 3.29. The van der Waals surface area contributed by atoms with Crippen LogP contribution >= 0.6 is 0 Å². The van der Waals surface area contributed by atoms with E-state index in [0.29, 0.717) is 18.5 Å². The number of amides is 1. The number of rotatable bonds is 7. The predicted molar refractivity (Wildman–Crippen MR) is 95.5 cm³/mol. The van der Waals surface area contributed by atoms with Gasteiger partial charge in [-0.05, 0) is 43.9 Å². The fourth-order valence-corrected chi connectivity index (χ4v) is 3.32. The first-order valence-corrected chi connectivity index (χ1v) is 8.79. The Balaban J connectivity index is 1.90. The molecule has 0 bridgehead atoms. The van der Waals surface area contributed by atoms with Crippen LogP contribution in [-0.2, 0) is 4.79 Å². The van der Waals surface area contributed by atoms with E-state index in [1.54, 1.807) is 14.2 Å². The maximum absolute atomic E-state index is 12.2. The van der Waals surface area contributed by atoms with Gasteiger partial charge in [0.05, 0.1) is 20.8 Å². The first kappa shape index (κ1) is 18.6. The summed E-state index contributed by atoms with van der Waals surface area (Å²) >= 11 is 0. The van der Waals surface area contributed by atoms with E-state index in [9.17, 15) is 4.79 Å². The highest BCUT2D eigenvalue weighted by atomic mass is 16.5. The van der Waals surface area contributed by atoms with E-state index in [1.165, 1.54) is 19.3 Å². The summed E-state index contributed by atoms with van der Waals surface area (Å²) in [6.07, 6.45) is 4.78. The van der Waals surface area contributed by atoms with Gasteiger partial charge in [-0.3, -0.25) is 4.79 Å². The van der Waals surface area contributed by atoms with Crippen LogP contribution in [0, 0.1) is 5.92 Å². The number of carbonyl (C=O) groups excluding carboxylic acids is 1. The molecule has 1 aliphatic rings. The summed E-state index contributed by atoms with van der Waals surface area (Å²) in [5, 5.41) is 6.45. The second-order valence-corrected chi connectivity index (χ2v) is 6.65. The molecular formula is C19H30N2O3. The van der Waals surface area contributed by atoms with Crippen LogP contribution in [0.5, 0.6) is 11.5 Å². The SMILES string of the molecule is COc1ccc(OC)c([C@H](C)NCC(=O)N[C@H]2CCCC[C@H]2C)c1. The molecule has 1 aromatic carbocycles. The lowest BCUT2D eigenvalue weighted by molar-refractivity contribution is -0.121. The van der Waals surface area contributed by atoms with Gasteiger partial charge in [0.15, 0.2) is 0 Å². The normalized spacial score (nSPS) is 21.8. The van der Waals surface area contributed by atoms with Gasteiger partial charge < -0.3 is 20.1 Å². The second kappa shape index (κ2) is 8.92. The lowest BCUT2D eigenvalue weighted by atomic mass is 9.86. The van der Waals surface area contributed by atoms with Crippen molar-refractivity contribution in [2.45, 2.75) is 51.6 Å². The third-order valence-electron chi connectivity index (χ3n) is 4.93. The molecule has 0 radical (unpaired) electrons. The Labute approximate surface area is 145 Å². The molecule has 1 amide bonds. The zero-order valence-corrected chi connectivity index (χ0v) is 15.2. The molecular weight excluding hydrogens is 304 g/mol. The standard InChI is InChI=1S/C19H30N2O3/c1-13-7-5-6-8-17(13)21-19(22)12-20-14(2)16-11-15(23-3)9-10-18(16)24-4/h9-11,13-14,17,20H,5-8,12H2,1-4H3,(H,21,22)/t13-,14+,17+/m1/s1. The van der Waals surface area contributed by atoms with Crippen molar-refractivity contribution in [2.75, 3.05) is 20.8 Å². The van der Waals surface area contributed by atoms with Crippen LogP contribution in [0.1, 0.15) is 51.1 Å². The molecule has 0 saturated heterocycles. The summed E-state index contributed by atoms with van der Waals surface area (Å²) < 4.78 is 10.7. The highest BCUT2D eigenvalue weighted by Gasteiger charge is 2.23.